The largest absolute Gasteiger partial charge is 0.387 e. The number of aliphatic hydroxyl groups is 1. The smallest absolute Gasteiger partial charge is 0.232 e. The normalized spacial score (nSPS) is 20.3. The van der Waals surface area contributed by atoms with Gasteiger partial charge in [0.05, 0.1) is 12.6 Å². The first kappa shape index (κ1) is 13.8. The summed E-state index contributed by atoms with van der Waals surface area (Å²) in [5.74, 6) is -0.673. The van der Waals surface area contributed by atoms with Crippen LogP contribution in [0.25, 0.3) is 10.8 Å². The molecule has 2 amide bonds. The maximum atomic E-state index is 11.9. The first-order valence-electron chi connectivity index (χ1n) is 7.07. The topological polar surface area (TPSA) is 57.6 Å². The van der Waals surface area contributed by atoms with Crippen molar-refractivity contribution in [3.63, 3.8) is 0 Å². The number of imide groups is 1. The number of β-amino-alcohol motifs (C(OH)–C–C–N with tert-alkyl or cyclic N) is 1. The molecule has 0 radical (unpaired) electrons. The van der Waals surface area contributed by atoms with Crippen molar-refractivity contribution in [1.82, 2.24) is 4.90 Å². The first-order chi connectivity index (χ1) is 10.1. The average Bonchev–Trinajstić information content (AvgIpc) is 2.73. The minimum atomic E-state index is -0.854. The van der Waals surface area contributed by atoms with Gasteiger partial charge in [-0.15, -0.1) is 0 Å². The monoisotopic (exact) mass is 283 g/mol. The summed E-state index contributed by atoms with van der Waals surface area (Å²) >= 11 is 0. The van der Waals surface area contributed by atoms with Crippen molar-refractivity contribution in [2.75, 3.05) is 6.54 Å². The number of hydrogen-bond donors (Lipinski definition) is 1. The lowest BCUT2D eigenvalue weighted by atomic mass is 10.0. The Hall–Kier alpha value is -2.20. The molecule has 0 bridgehead atoms. The van der Waals surface area contributed by atoms with E-state index in [9.17, 15) is 14.7 Å². The maximum absolute atomic E-state index is 11.9. The van der Waals surface area contributed by atoms with Gasteiger partial charge in [0.15, 0.2) is 0 Å². The van der Waals surface area contributed by atoms with Crippen LogP contribution in [0.4, 0.5) is 0 Å². The molecule has 4 nitrogen and oxygen atoms in total. The molecule has 3 rings (SSSR count). The van der Waals surface area contributed by atoms with Crippen LogP contribution in [0.2, 0.25) is 0 Å². The van der Waals surface area contributed by atoms with Gasteiger partial charge in [-0.05, 0) is 22.4 Å². The Morgan fingerprint density at radius 2 is 1.90 bits per heavy atom. The highest BCUT2D eigenvalue weighted by Crippen LogP contribution is 2.25. The molecule has 2 unspecified atom stereocenters. The molecule has 1 heterocycles. The zero-order chi connectivity index (χ0) is 15.0. The van der Waals surface area contributed by atoms with Gasteiger partial charge in [-0.1, -0.05) is 43.3 Å². The van der Waals surface area contributed by atoms with Gasteiger partial charge >= 0.3 is 0 Å². The van der Waals surface area contributed by atoms with E-state index >= 15 is 0 Å². The van der Waals surface area contributed by atoms with Gasteiger partial charge in [-0.25, -0.2) is 0 Å². The SMILES string of the molecule is CC1CC(=O)N(CC(O)c2ccc3ccccc3c2)C1=O. The van der Waals surface area contributed by atoms with E-state index in [1.165, 1.54) is 4.90 Å². The molecule has 1 aliphatic rings. The number of aliphatic hydroxyl groups excluding tert-OH is 1. The molecule has 21 heavy (non-hydrogen) atoms. The van der Waals surface area contributed by atoms with Crippen LogP contribution in [-0.4, -0.2) is 28.4 Å². The predicted molar refractivity (Wildman–Crippen MR) is 79.4 cm³/mol. The Balaban J connectivity index is 1.82. The molecule has 1 saturated heterocycles. The van der Waals surface area contributed by atoms with Gasteiger partial charge in [-0.3, -0.25) is 14.5 Å². The summed E-state index contributed by atoms with van der Waals surface area (Å²) in [6.07, 6.45) is -0.615. The van der Waals surface area contributed by atoms with E-state index in [0.29, 0.717) is 5.56 Å². The van der Waals surface area contributed by atoms with Gasteiger partial charge in [0.2, 0.25) is 11.8 Å². The van der Waals surface area contributed by atoms with Crippen molar-refractivity contribution in [3.8, 4) is 0 Å². The average molecular weight is 283 g/mol. The summed E-state index contributed by atoms with van der Waals surface area (Å²) in [7, 11) is 0. The number of carbonyl (C=O) groups is 2. The van der Waals surface area contributed by atoms with E-state index in [2.05, 4.69) is 0 Å². The van der Waals surface area contributed by atoms with Crippen LogP contribution in [0.1, 0.15) is 25.0 Å². The molecule has 1 N–H and O–H groups in total. The summed E-state index contributed by atoms with van der Waals surface area (Å²) in [6, 6.07) is 13.5. The Bertz CT molecular complexity index is 710. The molecule has 0 aromatic heterocycles. The Morgan fingerprint density at radius 1 is 1.19 bits per heavy atom. The fourth-order valence-corrected chi connectivity index (χ4v) is 2.73. The molecule has 1 aliphatic heterocycles. The van der Waals surface area contributed by atoms with Crippen LogP contribution in [0, 0.1) is 5.92 Å². The molecule has 0 aliphatic carbocycles. The quantitative estimate of drug-likeness (QED) is 0.879. The second kappa shape index (κ2) is 5.30. The van der Waals surface area contributed by atoms with Crippen molar-refractivity contribution in [1.29, 1.82) is 0 Å². The Kier molecular flexibility index (Phi) is 3.47. The van der Waals surface area contributed by atoms with Crippen LogP contribution in [0.5, 0.6) is 0 Å². The van der Waals surface area contributed by atoms with Crippen LogP contribution in [0.3, 0.4) is 0 Å². The van der Waals surface area contributed by atoms with Crippen LogP contribution >= 0.6 is 0 Å². The van der Waals surface area contributed by atoms with E-state index in [4.69, 9.17) is 0 Å². The van der Waals surface area contributed by atoms with Gasteiger partial charge in [-0.2, -0.15) is 0 Å². The minimum absolute atomic E-state index is 0.0281. The fraction of sp³-hybridized carbons (Fsp3) is 0.294. The highest BCUT2D eigenvalue weighted by atomic mass is 16.3. The number of hydrogen-bond acceptors (Lipinski definition) is 3. The van der Waals surface area contributed by atoms with Gasteiger partial charge in [0, 0.05) is 12.3 Å². The first-order valence-corrected chi connectivity index (χ1v) is 7.07. The number of carbonyl (C=O) groups excluding carboxylic acids is 2. The van der Waals surface area contributed by atoms with E-state index < -0.39 is 6.10 Å². The zero-order valence-corrected chi connectivity index (χ0v) is 11.8. The fourth-order valence-electron chi connectivity index (χ4n) is 2.73. The van der Waals surface area contributed by atoms with E-state index in [0.717, 1.165) is 10.8 Å². The number of fused-ring (bicyclic) bond motifs is 1. The van der Waals surface area contributed by atoms with Crippen molar-refractivity contribution < 1.29 is 14.7 Å². The minimum Gasteiger partial charge on any atom is -0.387 e. The van der Waals surface area contributed by atoms with Crippen LogP contribution in [0.15, 0.2) is 42.5 Å². The molecular formula is C17H17NO3. The Labute approximate surface area is 123 Å². The molecule has 0 saturated carbocycles. The summed E-state index contributed by atoms with van der Waals surface area (Å²) in [4.78, 5) is 24.8. The lowest BCUT2D eigenvalue weighted by Crippen LogP contribution is -2.34. The van der Waals surface area contributed by atoms with Gasteiger partial charge in [0.1, 0.15) is 0 Å². The lowest BCUT2D eigenvalue weighted by Gasteiger charge is -2.19. The highest BCUT2D eigenvalue weighted by molar-refractivity contribution is 6.03. The molecule has 2 aromatic carbocycles. The third kappa shape index (κ3) is 2.54. The molecule has 0 spiro atoms. The number of amides is 2. The van der Waals surface area contributed by atoms with E-state index in [1.807, 2.05) is 42.5 Å². The molecule has 2 aromatic rings. The molecule has 108 valence electrons. The third-order valence-electron chi connectivity index (χ3n) is 3.98. The van der Waals surface area contributed by atoms with E-state index in [-0.39, 0.29) is 30.7 Å². The van der Waals surface area contributed by atoms with Crippen LogP contribution < -0.4 is 0 Å². The van der Waals surface area contributed by atoms with Crippen molar-refractivity contribution in [2.24, 2.45) is 5.92 Å². The zero-order valence-electron chi connectivity index (χ0n) is 11.8. The predicted octanol–water partition coefficient (Wildman–Crippen LogP) is 2.27. The lowest BCUT2D eigenvalue weighted by molar-refractivity contribution is -0.140. The summed E-state index contributed by atoms with van der Waals surface area (Å²) in [5, 5.41) is 12.4. The molecular weight excluding hydrogens is 266 g/mol. The molecule has 1 fully saturated rings. The Morgan fingerprint density at radius 3 is 2.57 bits per heavy atom. The van der Waals surface area contributed by atoms with Crippen molar-refractivity contribution in [2.45, 2.75) is 19.4 Å². The van der Waals surface area contributed by atoms with Gasteiger partial charge in [0.25, 0.3) is 0 Å². The van der Waals surface area contributed by atoms with Crippen molar-refractivity contribution >= 4 is 22.6 Å². The number of likely N-dealkylation sites (tertiary alicyclic amines) is 1. The second-order valence-corrected chi connectivity index (χ2v) is 5.57. The van der Waals surface area contributed by atoms with Crippen LogP contribution in [-0.2, 0) is 9.59 Å². The van der Waals surface area contributed by atoms with Gasteiger partial charge < -0.3 is 5.11 Å². The molecule has 4 heteroatoms. The number of rotatable bonds is 3. The van der Waals surface area contributed by atoms with Crippen molar-refractivity contribution in [3.05, 3.63) is 48.0 Å². The molecule has 2 atom stereocenters. The summed E-state index contributed by atoms with van der Waals surface area (Å²) < 4.78 is 0. The summed E-state index contributed by atoms with van der Waals surface area (Å²) in [6.45, 7) is 1.77. The summed E-state index contributed by atoms with van der Waals surface area (Å²) in [5.41, 5.74) is 0.717. The highest BCUT2D eigenvalue weighted by Gasteiger charge is 2.36. The second-order valence-electron chi connectivity index (χ2n) is 5.57. The number of nitrogens with zero attached hydrogens (tertiary/aromatic N) is 1. The standard InChI is InChI=1S/C17H17NO3/c1-11-8-16(20)18(17(11)21)10-15(19)14-7-6-12-4-2-3-5-13(12)9-14/h2-7,9,11,15,19H,8,10H2,1H3. The van der Waals surface area contributed by atoms with E-state index in [1.54, 1.807) is 6.92 Å². The number of benzene rings is 2. The maximum Gasteiger partial charge on any atom is 0.232 e. The third-order valence-corrected chi connectivity index (χ3v) is 3.98.